The molecule has 110 valence electrons. The molecule has 1 aromatic carbocycles. The lowest BCUT2D eigenvalue weighted by Gasteiger charge is -2.34. The van der Waals surface area contributed by atoms with E-state index in [9.17, 15) is 9.90 Å². The molecule has 2 rings (SSSR count). The summed E-state index contributed by atoms with van der Waals surface area (Å²) < 4.78 is 10.7. The molecule has 1 aliphatic rings. The minimum atomic E-state index is -0.248. The van der Waals surface area contributed by atoms with Crippen molar-refractivity contribution in [2.24, 2.45) is 0 Å². The molecule has 20 heavy (non-hydrogen) atoms. The van der Waals surface area contributed by atoms with Crippen molar-refractivity contribution in [3.05, 3.63) is 29.3 Å². The van der Waals surface area contributed by atoms with Crippen LogP contribution < -0.4 is 4.74 Å². The van der Waals surface area contributed by atoms with Crippen LogP contribution in [0.5, 0.6) is 5.75 Å². The average molecular weight is 300 g/mol. The fourth-order valence-electron chi connectivity index (χ4n) is 2.09. The Kier molecular flexibility index (Phi) is 5.64. The Bertz CT molecular complexity index is 455. The van der Waals surface area contributed by atoms with Crippen LogP contribution in [0.4, 0.5) is 0 Å². The summed E-state index contributed by atoms with van der Waals surface area (Å²) >= 11 is 5.85. The number of morpholine rings is 1. The first-order valence-electron chi connectivity index (χ1n) is 6.57. The highest BCUT2D eigenvalue weighted by molar-refractivity contribution is 6.30. The first-order valence-corrected chi connectivity index (χ1v) is 6.95. The van der Waals surface area contributed by atoms with Gasteiger partial charge in [-0.15, -0.1) is 0 Å². The number of halogens is 1. The lowest BCUT2D eigenvalue weighted by atomic mass is 10.2. The van der Waals surface area contributed by atoms with Crippen LogP contribution in [0.1, 0.15) is 6.42 Å². The van der Waals surface area contributed by atoms with E-state index in [1.807, 2.05) is 0 Å². The van der Waals surface area contributed by atoms with E-state index in [4.69, 9.17) is 21.1 Å². The van der Waals surface area contributed by atoms with Gasteiger partial charge in [0.15, 0.2) is 0 Å². The van der Waals surface area contributed by atoms with Gasteiger partial charge in [0.2, 0.25) is 5.91 Å². The first-order chi connectivity index (χ1) is 9.70. The van der Waals surface area contributed by atoms with Gasteiger partial charge in [-0.05, 0) is 18.2 Å². The van der Waals surface area contributed by atoms with Crippen molar-refractivity contribution >= 4 is 17.5 Å². The predicted octanol–water partition coefficient (Wildman–Crippen LogP) is 1.33. The number of hydrogen-bond acceptors (Lipinski definition) is 4. The van der Waals surface area contributed by atoms with Crippen LogP contribution in [0.3, 0.4) is 0 Å². The Hall–Kier alpha value is -1.30. The van der Waals surface area contributed by atoms with Gasteiger partial charge in [-0.2, -0.15) is 0 Å². The van der Waals surface area contributed by atoms with Gasteiger partial charge in [0, 0.05) is 11.6 Å². The highest BCUT2D eigenvalue weighted by Crippen LogP contribution is 2.17. The van der Waals surface area contributed by atoms with Crippen molar-refractivity contribution in [3.8, 4) is 5.75 Å². The van der Waals surface area contributed by atoms with Crippen LogP contribution in [0.25, 0.3) is 0 Å². The summed E-state index contributed by atoms with van der Waals surface area (Å²) in [7, 11) is 0. The third kappa shape index (κ3) is 4.10. The molecule has 5 nitrogen and oxygen atoms in total. The largest absolute Gasteiger partial charge is 0.493 e. The SMILES string of the molecule is O=C(CCOc1cccc(Cl)c1)N1CCOCC1CO. The van der Waals surface area contributed by atoms with Crippen molar-refractivity contribution in [1.82, 2.24) is 4.90 Å². The molecule has 1 N–H and O–H groups in total. The van der Waals surface area contributed by atoms with E-state index < -0.39 is 0 Å². The van der Waals surface area contributed by atoms with E-state index >= 15 is 0 Å². The van der Waals surface area contributed by atoms with Crippen LogP contribution in [-0.2, 0) is 9.53 Å². The van der Waals surface area contributed by atoms with Crippen LogP contribution >= 0.6 is 11.6 Å². The molecule has 1 aromatic rings. The molecule has 0 radical (unpaired) electrons. The van der Waals surface area contributed by atoms with Gasteiger partial charge in [0.05, 0.1) is 38.9 Å². The minimum Gasteiger partial charge on any atom is -0.493 e. The standard InChI is InChI=1S/C14H18ClNO4/c15-11-2-1-3-13(8-11)20-6-4-14(18)16-5-7-19-10-12(16)9-17/h1-3,8,12,17H,4-7,9-10H2. The predicted molar refractivity (Wildman–Crippen MR) is 75.0 cm³/mol. The summed E-state index contributed by atoms with van der Waals surface area (Å²) in [5, 5.41) is 9.82. The summed E-state index contributed by atoms with van der Waals surface area (Å²) in [6.07, 6.45) is 0.267. The second-order valence-electron chi connectivity index (χ2n) is 4.55. The van der Waals surface area contributed by atoms with E-state index in [2.05, 4.69) is 0 Å². The number of benzene rings is 1. The molecule has 1 unspecified atom stereocenters. The highest BCUT2D eigenvalue weighted by Gasteiger charge is 2.26. The maximum atomic E-state index is 12.1. The van der Waals surface area contributed by atoms with Gasteiger partial charge in [-0.1, -0.05) is 17.7 Å². The normalized spacial score (nSPS) is 18.9. The maximum absolute atomic E-state index is 12.1. The van der Waals surface area contributed by atoms with Gasteiger partial charge in [-0.25, -0.2) is 0 Å². The number of aliphatic hydroxyl groups excluding tert-OH is 1. The maximum Gasteiger partial charge on any atom is 0.226 e. The van der Waals surface area contributed by atoms with Crippen LogP contribution in [0.2, 0.25) is 5.02 Å². The molecule has 1 amide bonds. The Labute approximate surface area is 123 Å². The number of amides is 1. The Balaban J connectivity index is 1.79. The van der Waals surface area contributed by atoms with Gasteiger partial charge >= 0.3 is 0 Å². The highest BCUT2D eigenvalue weighted by atomic mass is 35.5. The summed E-state index contributed by atoms with van der Waals surface area (Å²) in [6.45, 7) is 1.62. The topological polar surface area (TPSA) is 59.0 Å². The van der Waals surface area contributed by atoms with E-state index in [1.54, 1.807) is 29.2 Å². The number of rotatable bonds is 5. The zero-order valence-electron chi connectivity index (χ0n) is 11.1. The van der Waals surface area contributed by atoms with E-state index in [1.165, 1.54) is 0 Å². The summed E-state index contributed by atoms with van der Waals surface area (Å²) in [5.74, 6) is 0.611. The summed E-state index contributed by atoms with van der Waals surface area (Å²) in [5.41, 5.74) is 0. The Morgan fingerprint density at radius 3 is 3.15 bits per heavy atom. The summed E-state index contributed by atoms with van der Waals surface area (Å²) in [4.78, 5) is 13.7. The molecule has 6 heteroatoms. The number of hydrogen-bond donors (Lipinski definition) is 1. The van der Waals surface area contributed by atoms with E-state index in [0.717, 1.165) is 0 Å². The Morgan fingerprint density at radius 2 is 2.40 bits per heavy atom. The third-order valence-corrected chi connectivity index (χ3v) is 3.37. The monoisotopic (exact) mass is 299 g/mol. The molecule has 1 aliphatic heterocycles. The van der Waals surface area contributed by atoms with Crippen molar-refractivity contribution in [2.75, 3.05) is 33.0 Å². The molecule has 1 saturated heterocycles. The van der Waals surface area contributed by atoms with E-state index in [0.29, 0.717) is 30.5 Å². The first kappa shape index (κ1) is 15.1. The smallest absolute Gasteiger partial charge is 0.226 e. The number of aliphatic hydroxyl groups is 1. The van der Waals surface area contributed by atoms with Crippen LogP contribution in [0.15, 0.2) is 24.3 Å². The number of carbonyl (C=O) groups is 1. The second kappa shape index (κ2) is 7.47. The molecular formula is C14H18ClNO4. The molecular weight excluding hydrogens is 282 g/mol. The van der Waals surface area contributed by atoms with Crippen molar-refractivity contribution < 1.29 is 19.4 Å². The lowest BCUT2D eigenvalue weighted by Crippen LogP contribution is -2.50. The van der Waals surface area contributed by atoms with Gasteiger partial charge < -0.3 is 19.5 Å². The Morgan fingerprint density at radius 1 is 1.55 bits per heavy atom. The van der Waals surface area contributed by atoms with Crippen LogP contribution in [-0.4, -0.2) is 54.9 Å². The quantitative estimate of drug-likeness (QED) is 0.891. The molecule has 1 fully saturated rings. The third-order valence-electron chi connectivity index (χ3n) is 3.14. The van der Waals surface area contributed by atoms with Crippen molar-refractivity contribution in [1.29, 1.82) is 0 Å². The molecule has 0 aliphatic carbocycles. The fraction of sp³-hybridized carbons (Fsp3) is 0.500. The zero-order chi connectivity index (χ0) is 14.4. The van der Waals surface area contributed by atoms with Crippen molar-refractivity contribution in [2.45, 2.75) is 12.5 Å². The lowest BCUT2D eigenvalue weighted by molar-refractivity contribution is -0.142. The number of nitrogens with zero attached hydrogens (tertiary/aromatic N) is 1. The molecule has 0 bridgehead atoms. The zero-order valence-corrected chi connectivity index (χ0v) is 11.9. The summed E-state index contributed by atoms with van der Waals surface area (Å²) in [6, 6.07) is 6.81. The molecule has 0 saturated carbocycles. The van der Waals surface area contributed by atoms with Gasteiger partial charge in [0.1, 0.15) is 5.75 Å². The molecule has 0 spiro atoms. The minimum absolute atomic E-state index is 0.0330. The van der Waals surface area contributed by atoms with Crippen molar-refractivity contribution in [3.63, 3.8) is 0 Å². The van der Waals surface area contributed by atoms with E-state index in [-0.39, 0.29) is 31.6 Å². The average Bonchev–Trinajstić information content (AvgIpc) is 2.47. The van der Waals surface area contributed by atoms with Gasteiger partial charge in [-0.3, -0.25) is 4.79 Å². The second-order valence-corrected chi connectivity index (χ2v) is 4.99. The molecule has 1 heterocycles. The van der Waals surface area contributed by atoms with Gasteiger partial charge in [0.25, 0.3) is 0 Å². The number of ether oxygens (including phenoxy) is 2. The van der Waals surface area contributed by atoms with Crippen LogP contribution in [0, 0.1) is 0 Å². The molecule has 1 atom stereocenters. The number of carbonyl (C=O) groups excluding carboxylic acids is 1. The molecule has 0 aromatic heterocycles. The fourth-order valence-corrected chi connectivity index (χ4v) is 2.27.